The van der Waals surface area contributed by atoms with Crippen molar-refractivity contribution in [1.82, 2.24) is 5.32 Å². The number of carbonyl (C=O) groups excluding carboxylic acids is 1. The van der Waals surface area contributed by atoms with Gasteiger partial charge in [0.05, 0.1) is 16.0 Å². The van der Waals surface area contributed by atoms with E-state index in [1.54, 1.807) is 6.07 Å². The third-order valence-corrected chi connectivity index (χ3v) is 4.20. The van der Waals surface area contributed by atoms with Crippen LogP contribution < -0.4 is 5.32 Å². The minimum Gasteiger partial charge on any atom is -0.355 e. The van der Waals surface area contributed by atoms with E-state index < -0.39 is 0 Å². The number of nitrogens with one attached hydrogen (secondary N) is 1. The Morgan fingerprint density at radius 2 is 2.13 bits per heavy atom. The zero-order valence-corrected chi connectivity index (χ0v) is 9.40. The molecule has 1 saturated carbocycles. The molecular weight excluding hydrogens is 233 g/mol. The normalized spacial score (nSPS) is 32.4. The summed E-state index contributed by atoms with van der Waals surface area (Å²) in [6, 6.07) is 5.64. The summed E-state index contributed by atoms with van der Waals surface area (Å²) in [5, 5.41) is 4.00. The first-order valence-corrected chi connectivity index (χ1v) is 5.62. The predicted molar refractivity (Wildman–Crippen MR) is 59.3 cm³/mol. The van der Waals surface area contributed by atoms with Gasteiger partial charge in [-0.2, -0.15) is 0 Å². The highest BCUT2D eigenvalue weighted by Crippen LogP contribution is 2.57. The lowest BCUT2D eigenvalue weighted by atomic mass is 9.95. The van der Waals surface area contributed by atoms with Crippen molar-refractivity contribution in [3.63, 3.8) is 0 Å². The summed E-state index contributed by atoms with van der Waals surface area (Å²) in [4.78, 5) is 11.4. The first kappa shape index (κ1) is 9.49. The van der Waals surface area contributed by atoms with Crippen LogP contribution >= 0.6 is 23.2 Å². The zero-order chi connectivity index (χ0) is 10.6. The van der Waals surface area contributed by atoms with E-state index in [1.807, 2.05) is 12.1 Å². The van der Waals surface area contributed by atoms with Crippen LogP contribution in [0, 0.1) is 5.92 Å². The van der Waals surface area contributed by atoms with Crippen molar-refractivity contribution in [3.8, 4) is 0 Å². The first-order chi connectivity index (χ1) is 7.13. The molecule has 0 spiro atoms. The number of fused-ring (bicyclic) bond motifs is 1. The number of benzene rings is 1. The monoisotopic (exact) mass is 241 g/mol. The molecule has 1 saturated heterocycles. The molecule has 1 heterocycles. The van der Waals surface area contributed by atoms with E-state index >= 15 is 0 Å². The van der Waals surface area contributed by atoms with E-state index in [2.05, 4.69) is 5.32 Å². The molecular formula is C11H9Cl2NO. The zero-order valence-electron chi connectivity index (χ0n) is 7.89. The van der Waals surface area contributed by atoms with E-state index in [9.17, 15) is 4.79 Å². The molecule has 1 aromatic carbocycles. The summed E-state index contributed by atoms with van der Waals surface area (Å²) in [5.41, 5.74) is 1.13. The highest BCUT2D eigenvalue weighted by molar-refractivity contribution is 6.42. The predicted octanol–water partition coefficient (Wildman–Crippen LogP) is 2.38. The lowest BCUT2D eigenvalue weighted by Crippen LogP contribution is -2.22. The Balaban J connectivity index is 2.01. The smallest absolute Gasteiger partial charge is 0.224 e. The van der Waals surface area contributed by atoms with Gasteiger partial charge in [-0.15, -0.1) is 0 Å². The Bertz CT molecular complexity index is 460. The number of halogens is 2. The highest BCUT2D eigenvalue weighted by Gasteiger charge is 2.63. The van der Waals surface area contributed by atoms with Crippen LogP contribution in [0.1, 0.15) is 12.0 Å². The molecule has 2 atom stereocenters. The molecule has 2 fully saturated rings. The molecule has 1 aliphatic carbocycles. The average Bonchev–Trinajstić information content (AvgIpc) is 2.88. The molecule has 0 aromatic heterocycles. The van der Waals surface area contributed by atoms with Gasteiger partial charge in [-0.1, -0.05) is 29.3 Å². The van der Waals surface area contributed by atoms with Crippen molar-refractivity contribution >= 4 is 29.1 Å². The molecule has 2 nitrogen and oxygen atoms in total. The van der Waals surface area contributed by atoms with Crippen LogP contribution in [0.4, 0.5) is 0 Å². The maximum absolute atomic E-state index is 11.4. The van der Waals surface area contributed by atoms with E-state index in [1.165, 1.54) is 0 Å². The summed E-state index contributed by atoms with van der Waals surface area (Å²) >= 11 is 11.8. The first-order valence-electron chi connectivity index (χ1n) is 4.87. The Kier molecular flexibility index (Phi) is 1.83. The molecule has 2 unspecified atom stereocenters. The van der Waals surface area contributed by atoms with Gasteiger partial charge in [0.25, 0.3) is 0 Å². The van der Waals surface area contributed by atoms with Gasteiger partial charge in [-0.25, -0.2) is 0 Å². The van der Waals surface area contributed by atoms with Crippen LogP contribution in [0.15, 0.2) is 18.2 Å². The average molecular weight is 242 g/mol. The van der Waals surface area contributed by atoms with Crippen molar-refractivity contribution in [2.75, 3.05) is 6.54 Å². The van der Waals surface area contributed by atoms with E-state index in [-0.39, 0.29) is 17.2 Å². The lowest BCUT2D eigenvalue weighted by molar-refractivity contribution is -0.120. The SMILES string of the molecule is O=C1NCC2(c3ccc(Cl)c(Cl)c3)CC12. The van der Waals surface area contributed by atoms with E-state index in [4.69, 9.17) is 23.2 Å². The summed E-state index contributed by atoms with van der Waals surface area (Å²) in [7, 11) is 0. The van der Waals surface area contributed by atoms with Crippen LogP contribution in [0.2, 0.25) is 10.0 Å². The van der Waals surface area contributed by atoms with Crippen molar-refractivity contribution < 1.29 is 4.79 Å². The minimum atomic E-state index is 0.00527. The van der Waals surface area contributed by atoms with Crippen molar-refractivity contribution in [2.24, 2.45) is 5.92 Å². The number of hydrogen-bond donors (Lipinski definition) is 1. The van der Waals surface area contributed by atoms with E-state index in [0.29, 0.717) is 10.0 Å². The fourth-order valence-electron chi connectivity index (χ4n) is 2.44. The van der Waals surface area contributed by atoms with Gasteiger partial charge in [0.2, 0.25) is 5.91 Å². The quantitative estimate of drug-likeness (QED) is 0.804. The molecule has 3 rings (SSSR count). The highest BCUT2D eigenvalue weighted by atomic mass is 35.5. The fourth-order valence-corrected chi connectivity index (χ4v) is 2.74. The van der Waals surface area contributed by atoms with Crippen LogP contribution in [-0.4, -0.2) is 12.5 Å². The standard InChI is InChI=1S/C11H9Cl2NO/c12-8-2-1-6(3-9(8)13)11-4-7(11)10(15)14-5-11/h1-3,7H,4-5H2,(H,14,15). The largest absolute Gasteiger partial charge is 0.355 e. The molecule has 0 bridgehead atoms. The van der Waals surface area contributed by atoms with Gasteiger partial charge < -0.3 is 5.32 Å². The molecule has 15 heavy (non-hydrogen) atoms. The topological polar surface area (TPSA) is 29.1 Å². The fraction of sp³-hybridized carbons (Fsp3) is 0.364. The summed E-state index contributed by atoms with van der Waals surface area (Å²) in [6.45, 7) is 0.731. The number of amides is 1. The number of piperidine rings is 1. The van der Waals surface area contributed by atoms with Crippen LogP contribution in [-0.2, 0) is 10.2 Å². The second-order valence-corrected chi connectivity index (χ2v) is 5.07. The third-order valence-electron chi connectivity index (χ3n) is 3.46. The molecule has 1 aromatic rings. The Morgan fingerprint density at radius 3 is 2.67 bits per heavy atom. The molecule has 1 amide bonds. The summed E-state index contributed by atoms with van der Waals surface area (Å²) in [6.07, 6.45) is 0.941. The maximum Gasteiger partial charge on any atom is 0.224 e. The second-order valence-electron chi connectivity index (χ2n) is 4.26. The van der Waals surface area contributed by atoms with Crippen molar-refractivity contribution in [1.29, 1.82) is 0 Å². The molecule has 2 aliphatic rings. The molecule has 4 heteroatoms. The van der Waals surface area contributed by atoms with Gasteiger partial charge in [-0.3, -0.25) is 4.79 Å². The number of carbonyl (C=O) groups is 1. The summed E-state index contributed by atoms with van der Waals surface area (Å²) in [5.74, 6) is 0.316. The Hall–Kier alpha value is -0.730. The number of hydrogen-bond acceptors (Lipinski definition) is 1. The van der Waals surface area contributed by atoms with Gasteiger partial charge in [0, 0.05) is 12.0 Å². The third kappa shape index (κ3) is 1.21. The maximum atomic E-state index is 11.4. The second kappa shape index (κ2) is 2.89. The Labute approximate surface area is 97.6 Å². The molecule has 1 N–H and O–H groups in total. The number of rotatable bonds is 1. The van der Waals surface area contributed by atoms with E-state index in [0.717, 1.165) is 18.5 Å². The minimum absolute atomic E-state index is 0.00527. The van der Waals surface area contributed by atoms with Crippen LogP contribution in [0.5, 0.6) is 0 Å². The summed E-state index contributed by atoms with van der Waals surface area (Å²) < 4.78 is 0. The van der Waals surface area contributed by atoms with Gasteiger partial charge in [-0.05, 0) is 24.1 Å². The van der Waals surface area contributed by atoms with Crippen molar-refractivity contribution in [3.05, 3.63) is 33.8 Å². The molecule has 78 valence electrons. The van der Waals surface area contributed by atoms with Crippen LogP contribution in [0.3, 0.4) is 0 Å². The van der Waals surface area contributed by atoms with Gasteiger partial charge >= 0.3 is 0 Å². The van der Waals surface area contributed by atoms with Gasteiger partial charge in [0.1, 0.15) is 0 Å². The van der Waals surface area contributed by atoms with Crippen LogP contribution in [0.25, 0.3) is 0 Å². The Morgan fingerprint density at radius 1 is 1.33 bits per heavy atom. The van der Waals surface area contributed by atoms with Crippen molar-refractivity contribution in [2.45, 2.75) is 11.8 Å². The van der Waals surface area contributed by atoms with Gasteiger partial charge in [0.15, 0.2) is 0 Å². The molecule has 0 radical (unpaired) electrons. The molecule has 1 aliphatic heterocycles. The lowest BCUT2D eigenvalue weighted by Gasteiger charge is -2.12.